The minimum Gasteiger partial charge on any atom is -0.489 e. The summed E-state index contributed by atoms with van der Waals surface area (Å²) >= 11 is 0. The fourth-order valence-corrected chi connectivity index (χ4v) is 3.30. The van der Waals surface area contributed by atoms with Crippen molar-refractivity contribution in [1.82, 2.24) is 15.0 Å². The van der Waals surface area contributed by atoms with Crippen LogP contribution in [0.25, 0.3) is 11.4 Å². The zero-order valence-corrected chi connectivity index (χ0v) is 16.6. The number of likely N-dealkylation sites (tertiary alicyclic amines) is 1. The predicted molar refractivity (Wildman–Crippen MR) is 105 cm³/mol. The van der Waals surface area contributed by atoms with E-state index in [2.05, 4.69) is 10.1 Å². The first-order chi connectivity index (χ1) is 14.4. The van der Waals surface area contributed by atoms with Crippen molar-refractivity contribution >= 4 is 5.91 Å². The molecule has 2 aromatic carbocycles. The largest absolute Gasteiger partial charge is 0.489 e. The van der Waals surface area contributed by atoms with Gasteiger partial charge >= 0.3 is 0 Å². The molecule has 1 aliphatic heterocycles. The number of halogens is 2. The van der Waals surface area contributed by atoms with Gasteiger partial charge in [-0.25, -0.2) is 8.78 Å². The number of benzene rings is 2. The topological polar surface area (TPSA) is 68.5 Å². The maximum absolute atomic E-state index is 13.9. The number of nitrogens with zero attached hydrogens (tertiary/aromatic N) is 3. The predicted octanol–water partition coefficient (Wildman–Crippen LogP) is 4.43. The smallest absolute Gasteiger partial charge is 0.257 e. The fourth-order valence-electron chi connectivity index (χ4n) is 3.30. The van der Waals surface area contributed by atoms with Crippen LogP contribution < -0.4 is 4.74 Å². The molecule has 2 heterocycles. The Hall–Kier alpha value is -3.29. The first-order valence-electron chi connectivity index (χ1n) is 9.75. The molecule has 1 amide bonds. The van der Waals surface area contributed by atoms with Crippen LogP contribution in [-0.2, 0) is 0 Å². The molecule has 0 radical (unpaired) electrons. The van der Waals surface area contributed by atoms with Crippen molar-refractivity contribution < 1.29 is 22.8 Å². The summed E-state index contributed by atoms with van der Waals surface area (Å²) in [5, 5.41) is 3.98. The molecule has 0 saturated carbocycles. The molecule has 8 heteroatoms. The molecule has 0 N–H and O–H groups in total. The maximum Gasteiger partial charge on any atom is 0.257 e. The minimum atomic E-state index is -0.733. The van der Waals surface area contributed by atoms with Gasteiger partial charge in [0.05, 0.1) is 12.1 Å². The summed E-state index contributed by atoms with van der Waals surface area (Å²) in [7, 11) is 0. The average molecular weight is 413 g/mol. The van der Waals surface area contributed by atoms with Crippen molar-refractivity contribution in [3.05, 3.63) is 65.6 Å². The second-order valence-electron chi connectivity index (χ2n) is 7.54. The molecule has 0 aliphatic carbocycles. The van der Waals surface area contributed by atoms with Crippen molar-refractivity contribution in [3.63, 3.8) is 0 Å². The van der Waals surface area contributed by atoms with Crippen LogP contribution in [-0.4, -0.2) is 40.1 Å². The molecule has 0 bridgehead atoms. The highest BCUT2D eigenvalue weighted by Gasteiger charge is 2.29. The molecule has 1 fully saturated rings. The highest BCUT2D eigenvalue weighted by atomic mass is 19.1. The van der Waals surface area contributed by atoms with Gasteiger partial charge in [-0.2, -0.15) is 4.98 Å². The molecule has 1 unspecified atom stereocenters. The van der Waals surface area contributed by atoms with Crippen molar-refractivity contribution in [2.24, 2.45) is 0 Å². The Morgan fingerprint density at radius 3 is 2.67 bits per heavy atom. The number of ether oxygens (including phenoxy) is 1. The second kappa shape index (κ2) is 8.22. The molecule has 0 spiro atoms. The number of hydrogen-bond donors (Lipinski definition) is 0. The Morgan fingerprint density at radius 1 is 1.20 bits per heavy atom. The van der Waals surface area contributed by atoms with Crippen LogP contribution in [0.2, 0.25) is 0 Å². The van der Waals surface area contributed by atoms with E-state index in [1.807, 2.05) is 26.0 Å². The lowest BCUT2D eigenvalue weighted by Crippen LogP contribution is -2.31. The molecule has 156 valence electrons. The molecule has 30 heavy (non-hydrogen) atoms. The summed E-state index contributed by atoms with van der Waals surface area (Å²) in [6, 6.07) is 10.2. The lowest BCUT2D eigenvalue weighted by molar-refractivity contribution is 0.0767. The van der Waals surface area contributed by atoms with Gasteiger partial charge in [0.25, 0.3) is 5.91 Å². The van der Waals surface area contributed by atoms with E-state index in [0.29, 0.717) is 37.0 Å². The third-order valence-corrected chi connectivity index (χ3v) is 4.94. The fraction of sp³-hybridized carbons (Fsp3) is 0.318. The van der Waals surface area contributed by atoms with Crippen LogP contribution in [0.15, 0.2) is 47.0 Å². The van der Waals surface area contributed by atoms with Crippen LogP contribution in [0.3, 0.4) is 0 Å². The van der Waals surface area contributed by atoms with Gasteiger partial charge in [-0.05, 0) is 42.5 Å². The molecular weight excluding hydrogens is 392 g/mol. The Morgan fingerprint density at radius 2 is 1.97 bits per heavy atom. The van der Waals surface area contributed by atoms with Gasteiger partial charge in [-0.3, -0.25) is 4.79 Å². The first kappa shape index (κ1) is 20.0. The Labute approximate surface area is 172 Å². The van der Waals surface area contributed by atoms with Gasteiger partial charge in [0.1, 0.15) is 23.5 Å². The van der Waals surface area contributed by atoms with Crippen molar-refractivity contribution in [2.75, 3.05) is 13.1 Å². The molecule has 1 saturated heterocycles. The number of rotatable bonds is 5. The van der Waals surface area contributed by atoms with Gasteiger partial charge in [0, 0.05) is 24.4 Å². The number of amides is 1. The van der Waals surface area contributed by atoms with E-state index in [9.17, 15) is 13.6 Å². The van der Waals surface area contributed by atoms with Gasteiger partial charge in [0.2, 0.25) is 11.7 Å². The molecular formula is C22H21F2N3O3. The standard InChI is InChI=1S/C22H21F2N3O3/c1-13(2)21-25-20(26-30-21)14-3-6-16(7-4-14)29-17-9-10-27(12-17)22(28)18-11-15(23)5-8-19(18)24/h3-8,11,13,17H,9-10,12H2,1-2H3. The zero-order valence-electron chi connectivity index (χ0n) is 16.6. The van der Waals surface area contributed by atoms with E-state index in [-0.39, 0.29) is 17.6 Å². The van der Waals surface area contributed by atoms with Crippen LogP contribution in [0.1, 0.15) is 42.4 Å². The molecule has 4 rings (SSSR count). The second-order valence-corrected chi connectivity index (χ2v) is 7.54. The highest BCUT2D eigenvalue weighted by Crippen LogP contribution is 2.25. The van der Waals surface area contributed by atoms with E-state index in [4.69, 9.17) is 9.26 Å². The van der Waals surface area contributed by atoms with E-state index in [0.717, 1.165) is 23.8 Å². The van der Waals surface area contributed by atoms with Crippen LogP contribution >= 0.6 is 0 Å². The summed E-state index contributed by atoms with van der Waals surface area (Å²) in [6.45, 7) is 4.68. The SMILES string of the molecule is CC(C)c1nc(-c2ccc(OC3CCN(C(=O)c4cc(F)ccc4F)C3)cc2)no1. The van der Waals surface area contributed by atoms with E-state index in [1.54, 1.807) is 12.1 Å². The number of carbonyl (C=O) groups excluding carboxylic acids is 1. The van der Waals surface area contributed by atoms with E-state index < -0.39 is 17.5 Å². The van der Waals surface area contributed by atoms with Crippen molar-refractivity contribution in [1.29, 1.82) is 0 Å². The molecule has 1 aromatic heterocycles. The quantitative estimate of drug-likeness (QED) is 0.619. The summed E-state index contributed by atoms with van der Waals surface area (Å²) < 4.78 is 38.4. The molecule has 6 nitrogen and oxygen atoms in total. The summed E-state index contributed by atoms with van der Waals surface area (Å²) in [6.07, 6.45) is 0.377. The molecule has 1 atom stereocenters. The Bertz CT molecular complexity index is 1050. The third kappa shape index (κ3) is 4.17. The van der Waals surface area contributed by atoms with Crippen LogP contribution in [0.5, 0.6) is 5.75 Å². The maximum atomic E-state index is 13.9. The van der Waals surface area contributed by atoms with Crippen molar-refractivity contribution in [2.45, 2.75) is 32.3 Å². The first-order valence-corrected chi connectivity index (χ1v) is 9.75. The van der Waals surface area contributed by atoms with Gasteiger partial charge < -0.3 is 14.2 Å². The van der Waals surface area contributed by atoms with Gasteiger partial charge in [-0.15, -0.1) is 0 Å². The monoisotopic (exact) mass is 413 g/mol. The minimum absolute atomic E-state index is 0.155. The Kier molecular flexibility index (Phi) is 5.48. The molecule has 1 aliphatic rings. The summed E-state index contributed by atoms with van der Waals surface area (Å²) in [4.78, 5) is 18.4. The van der Waals surface area contributed by atoms with E-state index in [1.165, 1.54) is 4.90 Å². The third-order valence-electron chi connectivity index (χ3n) is 4.94. The van der Waals surface area contributed by atoms with Crippen molar-refractivity contribution in [3.8, 4) is 17.1 Å². The van der Waals surface area contributed by atoms with Crippen LogP contribution in [0.4, 0.5) is 8.78 Å². The molecule has 3 aromatic rings. The lowest BCUT2D eigenvalue weighted by atomic mass is 10.2. The summed E-state index contributed by atoms with van der Waals surface area (Å²) in [5.74, 6) is -0.0232. The highest BCUT2D eigenvalue weighted by molar-refractivity contribution is 5.94. The van der Waals surface area contributed by atoms with Crippen LogP contribution in [0, 0.1) is 11.6 Å². The summed E-state index contributed by atoms with van der Waals surface area (Å²) in [5.41, 5.74) is 0.545. The lowest BCUT2D eigenvalue weighted by Gasteiger charge is -2.18. The van der Waals surface area contributed by atoms with Gasteiger partial charge in [0.15, 0.2) is 0 Å². The normalized spacial score (nSPS) is 16.3. The zero-order chi connectivity index (χ0) is 21.3. The number of carbonyl (C=O) groups is 1. The number of aromatic nitrogens is 2. The van der Waals surface area contributed by atoms with E-state index >= 15 is 0 Å². The Balaban J connectivity index is 1.38. The van der Waals surface area contributed by atoms with Gasteiger partial charge in [-0.1, -0.05) is 19.0 Å². The average Bonchev–Trinajstić information content (AvgIpc) is 3.40. The number of hydrogen-bond acceptors (Lipinski definition) is 5.